The molecule has 0 aliphatic heterocycles. The van der Waals surface area contributed by atoms with E-state index in [1.165, 1.54) is 5.56 Å². The molecule has 144 valence electrons. The van der Waals surface area contributed by atoms with Gasteiger partial charge in [-0.25, -0.2) is 0 Å². The summed E-state index contributed by atoms with van der Waals surface area (Å²) < 4.78 is 10.4. The van der Waals surface area contributed by atoms with Gasteiger partial charge in [0.25, 0.3) is 12.4 Å². The summed E-state index contributed by atoms with van der Waals surface area (Å²) in [4.78, 5) is 14.9. The number of nitrogens with zero attached hydrogens (tertiary/aromatic N) is 2. The predicted molar refractivity (Wildman–Crippen MR) is 105 cm³/mol. The van der Waals surface area contributed by atoms with Crippen molar-refractivity contribution >= 4 is 6.47 Å². The molecule has 3 aromatic rings. The Hall–Kier alpha value is -2.99. The second-order valence-corrected chi connectivity index (χ2v) is 7.08. The van der Waals surface area contributed by atoms with Gasteiger partial charge in [0, 0.05) is 23.7 Å². The van der Waals surface area contributed by atoms with E-state index >= 15 is 0 Å². The van der Waals surface area contributed by atoms with Gasteiger partial charge in [0.05, 0.1) is 0 Å². The molecule has 0 unspecified atom stereocenters. The van der Waals surface area contributed by atoms with Gasteiger partial charge in [0.2, 0.25) is 5.82 Å². The first-order chi connectivity index (χ1) is 13.7. The molecule has 28 heavy (non-hydrogen) atoms. The van der Waals surface area contributed by atoms with Crippen LogP contribution < -0.4 is 5.32 Å². The molecule has 1 fully saturated rings. The van der Waals surface area contributed by atoms with E-state index in [4.69, 9.17) is 9.26 Å². The molecular formula is C22H23N3O3. The van der Waals surface area contributed by atoms with E-state index in [1.807, 2.05) is 24.3 Å². The van der Waals surface area contributed by atoms with Crippen molar-refractivity contribution in [1.29, 1.82) is 0 Å². The summed E-state index contributed by atoms with van der Waals surface area (Å²) in [6, 6.07) is 16.7. The van der Waals surface area contributed by atoms with Crippen molar-refractivity contribution in [3.05, 3.63) is 59.7 Å². The maximum atomic E-state index is 10.3. The highest BCUT2D eigenvalue weighted by atomic mass is 16.5. The van der Waals surface area contributed by atoms with E-state index in [1.54, 1.807) is 0 Å². The molecule has 2 aromatic carbocycles. The van der Waals surface area contributed by atoms with Crippen LogP contribution in [0.5, 0.6) is 0 Å². The number of carbonyl (C=O) groups excluding carboxylic acids is 1. The van der Waals surface area contributed by atoms with Crippen molar-refractivity contribution in [2.75, 3.05) is 0 Å². The molecule has 0 atom stereocenters. The topological polar surface area (TPSA) is 77.3 Å². The fourth-order valence-corrected chi connectivity index (χ4v) is 3.39. The van der Waals surface area contributed by atoms with Crippen molar-refractivity contribution in [2.45, 2.75) is 44.9 Å². The van der Waals surface area contributed by atoms with Gasteiger partial charge in [0.15, 0.2) is 0 Å². The zero-order valence-corrected chi connectivity index (χ0v) is 15.8. The molecule has 0 spiro atoms. The summed E-state index contributed by atoms with van der Waals surface area (Å²) in [5.74, 6) is 1.12. The zero-order valence-electron chi connectivity index (χ0n) is 15.8. The maximum absolute atomic E-state index is 10.3. The summed E-state index contributed by atoms with van der Waals surface area (Å²) in [6.07, 6.45) is 2.75. The number of hydrogen-bond acceptors (Lipinski definition) is 6. The fraction of sp³-hybridized carbons (Fsp3) is 0.318. The monoisotopic (exact) mass is 377 g/mol. The number of rotatable bonds is 8. The first-order valence-electron chi connectivity index (χ1n) is 9.60. The van der Waals surface area contributed by atoms with Crippen molar-refractivity contribution < 1.29 is 14.1 Å². The molecule has 6 heteroatoms. The molecule has 4 rings (SSSR count). The summed E-state index contributed by atoms with van der Waals surface area (Å²) in [7, 11) is 0. The second kappa shape index (κ2) is 8.35. The molecule has 1 aliphatic rings. The lowest BCUT2D eigenvalue weighted by atomic mass is 9.89. The van der Waals surface area contributed by atoms with Crippen LogP contribution in [0.3, 0.4) is 0 Å². The van der Waals surface area contributed by atoms with Crippen LogP contribution >= 0.6 is 0 Å². The largest absolute Gasteiger partial charge is 0.464 e. The Morgan fingerprint density at radius 1 is 1.14 bits per heavy atom. The molecule has 1 heterocycles. The molecule has 0 amide bonds. The van der Waals surface area contributed by atoms with Gasteiger partial charge in [-0.05, 0) is 48.6 Å². The molecule has 1 saturated carbocycles. The Morgan fingerprint density at radius 3 is 2.68 bits per heavy atom. The first-order valence-corrected chi connectivity index (χ1v) is 9.60. The molecular weight excluding hydrogens is 354 g/mol. The number of aromatic nitrogens is 2. The quantitative estimate of drug-likeness (QED) is 0.602. The van der Waals surface area contributed by atoms with Gasteiger partial charge in [-0.1, -0.05) is 42.4 Å². The van der Waals surface area contributed by atoms with E-state index in [2.05, 4.69) is 46.6 Å². The summed E-state index contributed by atoms with van der Waals surface area (Å²) in [6.45, 7) is 3.40. The number of nitrogens with one attached hydrogen (secondary N) is 1. The first kappa shape index (κ1) is 18.4. The second-order valence-electron chi connectivity index (χ2n) is 7.08. The highest BCUT2D eigenvalue weighted by Gasteiger charge is 2.29. The van der Waals surface area contributed by atoms with Crippen LogP contribution in [0.1, 0.15) is 30.9 Å². The SMILES string of the molecule is CCc1cccc(-c2nc(-c3cccc(CNC4CC(OC=O)C4)c3)no2)c1. The fourth-order valence-electron chi connectivity index (χ4n) is 3.39. The number of aryl methyl sites for hydroxylation is 1. The summed E-state index contributed by atoms with van der Waals surface area (Å²) >= 11 is 0. The maximum Gasteiger partial charge on any atom is 0.293 e. The van der Waals surface area contributed by atoms with E-state index in [0.717, 1.165) is 42.5 Å². The van der Waals surface area contributed by atoms with Gasteiger partial charge in [-0.2, -0.15) is 4.98 Å². The Balaban J connectivity index is 1.42. The molecule has 1 aliphatic carbocycles. The van der Waals surface area contributed by atoms with E-state index < -0.39 is 0 Å². The third-order valence-corrected chi connectivity index (χ3v) is 5.13. The van der Waals surface area contributed by atoms with Gasteiger partial charge in [0.1, 0.15) is 6.10 Å². The minimum atomic E-state index is 0.0605. The van der Waals surface area contributed by atoms with Crippen LogP contribution in [-0.4, -0.2) is 28.8 Å². The third-order valence-electron chi connectivity index (χ3n) is 5.13. The van der Waals surface area contributed by atoms with Gasteiger partial charge in [-0.3, -0.25) is 4.79 Å². The minimum absolute atomic E-state index is 0.0605. The lowest BCUT2D eigenvalue weighted by Gasteiger charge is -2.34. The highest BCUT2D eigenvalue weighted by molar-refractivity contribution is 5.60. The van der Waals surface area contributed by atoms with Crippen LogP contribution in [0.25, 0.3) is 22.8 Å². The number of carbonyl (C=O) groups is 1. The van der Waals surface area contributed by atoms with Crippen molar-refractivity contribution in [3.8, 4) is 22.8 Å². The Bertz CT molecular complexity index is 947. The van der Waals surface area contributed by atoms with Crippen LogP contribution in [-0.2, 0) is 22.5 Å². The molecule has 6 nitrogen and oxygen atoms in total. The minimum Gasteiger partial charge on any atom is -0.464 e. The molecule has 0 saturated heterocycles. The average Bonchev–Trinajstić information content (AvgIpc) is 3.20. The van der Waals surface area contributed by atoms with E-state index in [9.17, 15) is 4.79 Å². The normalized spacial score (nSPS) is 18.5. The van der Waals surface area contributed by atoms with E-state index in [0.29, 0.717) is 24.2 Å². The van der Waals surface area contributed by atoms with Gasteiger partial charge >= 0.3 is 0 Å². The third kappa shape index (κ3) is 4.12. The van der Waals surface area contributed by atoms with Crippen LogP contribution in [0.4, 0.5) is 0 Å². The Kier molecular flexibility index (Phi) is 5.48. The smallest absolute Gasteiger partial charge is 0.293 e. The lowest BCUT2D eigenvalue weighted by Crippen LogP contribution is -2.44. The van der Waals surface area contributed by atoms with Crippen molar-refractivity contribution in [3.63, 3.8) is 0 Å². The standard InChI is InChI=1S/C22H23N3O3/c1-2-15-5-3-8-18(9-15)22-24-21(25-28-22)17-7-4-6-16(10-17)13-23-19-11-20(12-19)27-14-26/h3-10,14,19-20,23H,2,11-13H2,1H3. The number of benzene rings is 2. The molecule has 1 N–H and O–H groups in total. The Morgan fingerprint density at radius 2 is 1.89 bits per heavy atom. The molecule has 0 bridgehead atoms. The van der Waals surface area contributed by atoms with Crippen LogP contribution in [0.15, 0.2) is 53.1 Å². The van der Waals surface area contributed by atoms with Gasteiger partial charge in [-0.15, -0.1) is 0 Å². The summed E-state index contributed by atoms with van der Waals surface area (Å²) in [5.41, 5.74) is 4.25. The molecule has 1 aromatic heterocycles. The lowest BCUT2D eigenvalue weighted by molar-refractivity contribution is -0.138. The van der Waals surface area contributed by atoms with Crippen LogP contribution in [0.2, 0.25) is 0 Å². The summed E-state index contributed by atoms with van der Waals surface area (Å²) in [5, 5.41) is 7.64. The predicted octanol–water partition coefficient (Wildman–Crippen LogP) is 3.76. The highest BCUT2D eigenvalue weighted by Crippen LogP contribution is 2.25. The Labute approximate surface area is 163 Å². The van der Waals surface area contributed by atoms with Gasteiger partial charge < -0.3 is 14.6 Å². The number of hydrogen-bond donors (Lipinski definition) is 1. The van der Waals surface area contributed by atoms with E-state index in [-0.39, 0.29) is 6.10 Å². The van der Waals surface area contributed by atoms with Crippen LogP contribution in [0, 0.1) is 0 Å². The molecule has 0 radical (unpaired) electrons. The zero-order chi connectivity index (χ0) is 19.3. The van der Waals surface area contributed by atoms with Crippen molar-refractivity contribution in [2.24, 2.45) is 0 Å². The van der Waals surface area contributed by atoms with Crippen molar-refractivity contribution in [1.82, 2.24) is 15.5 Å². The number of ether oxygens (including phenoxy) is 1. The average molecular weight is 377 g/mol.